The zero-order valence-electron chi connectivity index (χ0n) is 11.9. The van der Waals surface area contributed by atoms with Gasteiger partial charge in [-0.15, -0.1) is 0 Å². The van der Waals surface area contributed by atoms with Gasteiger partial charge in [0.1, 0.15) is 0 Å². The maximum absolute atomic E-state index is 5.87. The highest BCUT2D eigenvalue weighted by Crippen LogP contribution is 2.09. The average Bonchev–Trinajstić information content (AvgIpc) is 2.41. The molecule has 1 unspecified atom stereocenters. The molecule has 0 bridgehead atoms. The van der Waals surface area contributed by atoms with Crippen molar-refractivity contribution >= 4 is 17.2 Å². The standard InChI is InChI=1S/C13H26N4OS/c1-2-15-7-8-18-12(9-15)10-16-3-5-17(6-4-16)11-13(14)19/h12H,2-11H2,1H3,(H2,14,19). The van der Waals surface area contributed by atoms with Crippen LogP contribution in [0.3, 0.4) is 0 Å². The van der Waals surface area contributed by atoms with E-state index >= 15 is 0 Å². The molecule has 1 atom stereocenters. The number of hydrogen-bond acceptors (Lipinski definition) is 5. The monoisotopic (exact) mass is 286 g/mol. The van der Waals surface area contributed by atoms with Crippen molar-refractivity contribution in [3.63, 3.8) is 0 Å². The summed E-state index contributed by atoms with van der Waals surface area (Å²) in [6.45, 7) is 12.5. The minimum absolute atomic E-state index is 0.371. The number of nitrogens with zero attached hydrogens (tertiary/aromatic N) is 3. The predicted octanol–water partition coefficient (Wildman–Crippen LogP) is -0.389. The fourth-order valence-electron chi connectivity index (χ4n) is 2.82. The molecule has 19 heavy (non-hydrogen) atoms. The molecule has 0 amide bonds. The highest BCUT2D eigenvalue weighted by atomic mass is 32.1. The maximum atomic E-state index is 5.87. The van der Waals surface area contributed by atoms with Gasteiger partial charge in [0.05, 0.1) is 17.7 Å². The van der Waals surface area contributed by atoms with Gasteiger partial charge in [0.15, 0.2) is 0 Å². The molecule has 0 aromatic heterocycles. The maximum Gasteiger partial charge on any atom is 0.0870 e. The van der Waals surface area contributed by atoms with Gasteiger partial charge in [-0.3, -0.25) is 14.7 Å². The van der Waals surface area contributed by atoms with Crippen LogP contribution in [0.1, 0.15) is 6.92 Å². The molecule has 2 fully saturated rings. The van der Waals surface area contributed by atoms with Crippen LogP contribution in [-0.2, 0) is 4.74 Å². The van der Waals surface area contributed by atoms with Gasteiger partial charge < -0.3 is 10.5 Å². The Morgan fingerprint density at radius 2 is 1.84 bits per heavy atom. The van der Waals surface area contributed by atoms with Crippen LogP contribution < -0.4 is 5.73 Å². The van der Waals surface area contributed by atoms with Crippen LogP contribution in [0.15, 0.2) is 0 Å². The molecule has 2 aliphatic heterocycles. The molecule has 2 rings (SSSR count). The first-order valence-corrected chi connectivity index (χ1v) is 7.65. The van der Waals surface area contributed by atoms with E-state index in [0.717, 1.165) is 65.5 Å². The Labute approximate surface area is 121 Å². The highest BCUT2D eigenvalue weighted by molar-refractivity contribution is 7.80. The normalized spacial score (nSPS) is 27.5. The predicted molar refractivity (Wildman–Crippen MR) is 81.5 cm³/mol. The van der Waals surface area contributed by atoms with E-state index in [-0.39, 0.29) is 0 Å². The third-order valence-electron chi connectivity index (χ3n) is 3.98. The van der Waals surface area contributed by atoms with E-state index in [1.54, 1.807) is 0 Å². The lowest BCUT2D eigenvalue weighted by Crippen LogP contribution is -2.53. The van der Waals surface area contributed by atoms with E-state index in [2.05, 4.69) is 21.6 Å². The molecule has 2 saturated heterocycles. The van der Waals surface area contributed by atoms with Crippen LogP contribution in [0.4, 0.5) is 0 Å². The molecular formula is C13H26N4OS. The van der Waals surface area contributed by atoms with E-state index in [1.165, 1.54) is 0 Å². The minimum atomic E-state index is 0.371. The van der Waals surface area contributed by atoms with Gasteiger partial charge >= 0.3 is 0 Å². The lowest BCUT2D eigenvalue weighted by atomic mass is 10.2. The Morgan fingerprint density at radius 3 is 2.47 bits per heavy atom. The van der Waals surface area contributed by atoms with Crippen molar-refractivity contribution in [3.05, 3.63) is 0 Å². The number of piperazine rings is 1. The SMILES string of the molecule is CCN1CCOC(CN2CCN(CC(N)=S)CC2)C1. The van der Waals surface area contributed by atoms with E-state index in [0.29, 0.717) is 11.1 Å². The van der Waals surface area contributed by atoms with Gasteiger partial charge in [0, 0.05) is 52.4 Å². The summed E-state index contributed by atoms with van der Waals surface area (Å²) in [7, 11) is 0. The molecule has 0 aliphatic carbocycles. The Kier molecular flexibility index (Phi) is 5.97. The number of morpholine rings is 1. The zero-order valence-corrected chi connectivity index (χ0v) is 12.7. The van der Waals surface area contributed by atoms with Crippen molar-refractivity contribution in [3.8, 4) is 0 Å². The number of nitrogens with two attached hydrogens (primary N) is 1. The van der Waals surface area contributed by atoms with E-state index in [9.17, 15) is 0 Å². The summed E-state index contributed by atoms with van der Waals surface area (Å²) in [6.07, 6.45) is 0.371. The van der Waals surface area contributed by atoms with Crippen LogP contribution in [-0.4, -0.2) is 91.3 Å². The largest absolute Gasteiger partial charge is 0.392 e. The van der Waals surface area contributed by atoms with Crippen LogP contribution in [0.5, 0.6) is 0 Å². The molecule has 110 valence electrons. The van der Waals surface area contributed by atoms with Gasteiger partial charge in [-0.05, 0) is 6.54 Å². The van der Waals surface area contributed by atoms with Crippen LogP contribution in [0, 0.1) is 0 Å². The highest BCUT2D eigenvalue weighted by Gasteiger charge is 2.24. The molecule has 2 N–H and O–H groups in total. The van der Waals surface area contributed by atoms with Crippen LogP contribution in [0.25, 0.3) is 0 Å². The Hall–Kier alpha value is -0.270. The molecule has 0 aromatic rings. The van der Waals surface area contributed by atoms with Crippen LogP contribution in [0.2, 0.25) is 0 Å². The summed E-state index contributed by atoms with van der Waals surface area (Å²) in [5.74, 6) is 0. The quantitative estimate of drug-likeness (QED) is 0.695. The number of hydrogen-bond donors (Lipinski definition) is 1. The van der Waals surface area contributed by atoms with Crippen molar-refractivity contribution < 1.29 is 4.74 Å². The first-order chi connectivity index (χ1) is 9.17. The second-order valence-electron chi connectivity index (χ2n) is 5.43. The summed E-state index contributed by atoms with van der Waals surface area (Å²) in [6, 6.07) is 0. The molecule has 6 heteroatoms. The van der Waals surface area contributed by atoms with Gasteiger partial charge in [-0.1, -0.05) is 19.1 Å². The molecule has 0 spiro atoms. The summed E-state index contributed by atoms with van der Waals surface area (Å²) >= 11 is 4.96. The fraction of sp³-hybridized carbons (Fsp3) is 0.923. The van der Waals surface area contributed by atoms with Crippen molar-refractivity contribution in [1.29, 1.82) is 0 Å². The summed E-state index contributed by atoms with van der Waals surface area (Å²) in [5, 5.41) is 0. The van der Waals surface area contributed by atoms with Crippen molar-refractivity contribution in [2.45, 2.75) is 13.0 Å². The van der Waals surface area contributed by atoms with Gasteiger partial charge in [-0.2, -0.15) is 0 Å². The van der Waals surface area contributed by atoms with Gasteiger partial charge in [0.2, 0.25) is 0 Å². The number of thiocarbonyl (C=S) groups is 1. The first-order valence-electron chi connectivity index (χ1n) is 7.24. The molecule has 0 aromatic carbocycles. The Bertz CT molecular complexity index is 294. The zero-order chi connectivity index (χ0) is 13.7. The molecule has 0 radical (unpaired) electrons. The van der Waals surface area contributed by atoms with Gasteiger partial charge in [0.25, 0.3) is 0 Å². The summed E-state index contributed by atoms with van der Waals surface area (Å²) < 4.78 is 5.87. The molecule has 2 aliphatic rings. The average molecular weight is 286 g/mol. The van der Waals surface area contributed by atoms with E-state index in [1.807, 2.05) is 0 Å². The second kappa shape index (κ2) is 7.50. The minimum Gasteiger partial charge on any atom is -0.392 e. The third kappa shape index (κ3) is 4.96. The van der Waals surface area contributed by atoms with E-state index in [4.69, 9.17) is 22.7 Å². The lowest BCUT2D eigenvalue weighted by molar-refractivity contribution is -0.0462. The third-order valence-corrected chi connectivity index (χ3v) is 4.11. The number of likely N-dealkylation sites (N-methyl/N-ethyl adjacent to an activating group) is 1. The first kappa shape index (κ1) is 15.1. The second-order valence-corrected chi connectivity index (χ2v) is 5.95. The summed E-state index contributed by atoms with van der Waals surface area (Å²) in [5.41, 5.74) is 5.59. The number of rotatable bonds is 5. The smallest absolute Gasteiger partial charge is 0.0870 e. The van der Waals surface area contributed by atoms with Crippen LogP contribution >= 0.6 is 12.2 Å². The topological polar surface area (TPSA) is 45.0 Å². The van der Waals surface area contributed by atoms with Crippen molar-refractivity contribution in [2.75, 3.05) is 65.5 Å². The van der Waals surface area contributed by atoms with Crippen molar-refractivity contribution in [1.82, 2.24) is 14.7 Å². The van der Waals surface area contributed by atoms with E-state index < -0.39 is 0 Å². The molecule has 0 saturated carbocycles. The number of ether oxygens (including phenoxy) is 1. The van der Waals surface area contributed by atoms with Crippen molar-refractivity contribution in [2.24, 2.45) is 5.73 Å². The Morgan fingerprint density at radius 1 is 1.16 bits per heavy atom. The Balaban J connectivity index is 1.69. The molecule has 5 nitrogen and oxygen atoms in total. The molecule has 2 heterocycles. The molecular weight excluding hydrogens is 260 g/mol. The van der Waals surface area contributed by atoms with Gasteiger partial charge in [-0.25, -0.2) is 0 Å². The summed E-state index contributed by atoms with van der Waals surface area (Å²) in [4.78, 5) is 7.90. The lowest BCUT2D eigenvalue weighted by Gasteiger charge is -2.39. The fourth-order valence-corrected chi connectivity index (χ4v) is 3.00.